The third kappa shape index (κ3) is 4.34. The van der Waals surface area contributed by atoms with Gasteiger partial charge in [-0.2, -0.15) is 5.26 Å². The summed E-state index contributed by atoms with van der Waals surface area (Å²) in [6.45, 7) is 1.23. The summed E-state index contributed by atoms with van der Waals surface area (Å²) in [5.41, 5.74) is 2.48. The first kappa shape index (κ1) is 19.6. The molecule has 150 valence electrons. The molecule has 1 aliphatic heterocycles. The fourth-order valence-electron chi connectivity index (χ4n) is 3.90. The van der Waals surface area contributed by atoms with Crippen LogP contribution in [0.5, 0.6) is 0 Å². The van der Waals surface area contributed by atoms with Crippen molar-refractivity contribution in [3.8, 4) is 6.07 Å². The minimum atomic E-state index is -0.311. The number of fused-ring (bicyclic) bond motifs is 1. The molecule has 6 nitrogen and oxygen atoms in total. The molecule has 2 amide bonds. The van der Waals surface area contributed by atoms with E-state index in [1.54, 1.807) is 24.3 Å². The van der Waals surface area contributed by atoms with Crippen molar-refractivity contribution in [2.75, 3.05) is 18.5 Å². The molecule has 0 saturated carbocycles. The smallest absolute Gasteiger partial charge is 0.256 e. The molecule has 29 heavy (non-hydrogen) atoms. The lowest BCUT2D eigenvalue weighted by Crippen LogP contribution is -2.32. The summed E-state index contributed by atoms with van der Waals surface area (Å²) in [4.78, 5) is 27.0. The van der Waals surface area contributed by atoms with Gasteiger partial charge in [0.15, 0.2) is 0 Å². The van der Waals surface area contributed by atoms with E-state index in [1.807, 2.05) is 6.07 Å². The van der Waals surface area contributed by atoms with Crippen LogP contribution >= 0.6 is 11.3 Å². The van der Waals surface area contributed by atoms with Crippen molar-refractivity contribution in [1.82, 2.24) is 5.32 Å². The molecule has 7 heteroatoms. The fourth-order valence-corrected chi connectivity index (χ4v) is 5.18. The Morgan fingerprint density at radius 3 is 2.86 bits per heavy atom. The van der Waals surface area contributed by atoms with Gasteiger partial charge in [0.05, 0.1) is 23.3 Å². The van der Waals surface area contributed by atoms with Crippen molar-refractivity contribution in [3.63, 3.8) is 0 Å². The predicted molar refractivity (Wildman–Crippen MR) is 111 cm³/mol. The van der Waals surface area contributed by atoms with Crippen molar-refractivity contribution in [3.05, 3.63) is 51.4 Å². The van der Waals surface area contributed by atoms with Gasteiger partial charge >= 0.3 is 0 Å². The van der Waals surface area contributed by atoms with Crippen LogP contribution in [0.1, 0.15) is 62.4 Å². The molecule has 4 rings (SSSR count). The topological polar surface area (TPSA) is 91.2 Å². The second-order valence-electron chi connectivity index (χ2n) is 7.41. The van der Waals surface area contributed by atoms with Gasteiger partial charge in [-0.3, -0.25) is 9.59 Å². The van der Waals surface area contributed by atoms with Crippen LogP contribution in [0.15, 0.2) is 24.3 Å². The highest BCUT2D eigenvalue weighted by atomic mass is 32.1. The van der Waals surface area contributed by atoms with E-state index < -0.39 is 0 Å². The second kappa shape index (κ2) is 8.76. The Morgan fingerprint density at radius 2 is 2.07 bits per heavy atom. The summed E-state index contributed by atoms with van der Waals surface area (Å²) in [6, 6.07) is 8.61. The van der Waals surface area contributed by atoms with Crippen LogP contribution in [-0.4, -0.2) is 31.1 Å². The first-order chi connectivity index (χ1) is 14.2. The molecule has 1 saturated heterocycles. The standard InChI is InChI=1S/C22H23N3O3S/c23-12-14-5-3-6-15(11-14)20(26)25-22-19(17-8-1-2-9-18(17)29-22)21(27)24-13-16-7-4-10-28-16/h3,5-6,11,16H,1-2,4,7-10,13H2,(H,24,27)(H,25,26). The third-order valence-electron chi connectivity index (χ3n) is 5.39. The summed E-state index contributed by atoms with van der Waals surface area (Å²) in [6.07, 6.45) is 5.99. The molecule has 2 heterocycles. The van der Waals surface area contributed by atoms with Crippen molar-refractivity contribution in [2.24, 2.45) is 0 Å². The number of aryl methyl sites for hydroxylation is 1. The normalized spacial score (nSPS) is 18.0. The average molecular weight is 410 g/mol. The number of rotatable bonds is 5. The summed E-state index contributed by atoms with van der Waals surface area (Å²) in [5, 5.41) is 15.6. The van der Waals surface area contributed by atoms with Gasteiger partial charge < -0.3 is 15.4 Å². The van der Waals surface area contributed by atoms with Gasteiger partial charge in [0.2, 0.25) is 0 Å². The zero-order valence-electron chi connectivity index (χ0n) is 16.1. The van der Waals surface area contributed by atoms with Crippen molar-refractivity contribution < 1.29 is 14.3 Å². The fraction of sp³-hybridized carbons (Fsp3) is 0.409. The zero-order chi connectivity index (χ0) is 20.2. The molecule has 1 unspecified atom stereocenters. The van der Waals surface area contributed by atoms with Gasteiger partial charge in [0, 0.05) is 23.6 Å². The highest BCUT2D eigenvalue weighted by molar-refractivity contribution is 7.17. The number of carbonyl (C=O) groups is 2. The molecule has 2 N–H and O–H groups in total. The van der Waals surface area contributed by atoms with Crippen LogP contribution in [0.25, 0.3) is 0 Å². The Hall–Kier alpha value is -2.69. The van der Waals surface area contributed by atoms with Gasteiger partial charge in [-0.05, 0) is 62.3 Å². The van der Waals surface area contributed by atoms with E-state index in [4.69, 9.17) is 10.00 Å². The Kier molecular flexibility index (Phi) is 5.93. The number of hydrogen-bond donors (Lipinski definition) is 2. The summed E-state index contributed by atoms with van der Waals surface area (Å²) in [5.74, 6) is -0.463. The van der Waals surface area contributed by atoms with Gasteiger partial charge in [-0.25, -0.2) is 0 Å². The van der Waals surface area contributed by atoms with E-state index in [9.17, 15) is 9.59 Å². The van der Waals surface area contributed by atoms with Crippen LogP contribution in [0.3, 0.4) is 0 Å². The van der Waals surface area contributed by atoms with Crippen molar-refractivity contribution in [1.29, 1.82) is 5.26 Å². The van der Waals surface area contributed by atoms with Crippen LogP contribution in [0, 0.1) is 11.3 Å². The van der Waals surface area contributed by atoms with Gasteiger partial charge in [-0.15, -0.1) is 11.3 Å². The molecule has 1 atom stereocenters. The molecular weight excluding hydrogens is 386 g/mol. The quantitative estimate of drug-likeness (QED) is 0.788. The largest absolute Gasteiger partial charge is 0.376 e. The summed E-state index contributed by atoms with van der Waals surface area (Å²) in [7, 11) is 0. The molecule has 0 bridgehead atoms. The van der Waals surface area contributed by atoms with E-state index in [1.165, 1.54) is 16.2 Å². The number of nitrogens with one attached hydrogen (secondary N) is 2. The number of anilines is 1. The predicted octanol–water partition coefficient (Wildman–Crippen LogP) is 3.66. The van der Waals surface area contributed by atoms with Crippen LogP contribution in [-0.2, 0) is 17.6 Å². The van der Waals surface area contributed by atoms with E-state index in [2.05, 4.69) is 10.6 Å². The number of hydrogen-bond acceptors (Lipinski definition) is 5. The summed E-state index contributed by atoms with van der Waals surface area (Å²) >= 11 is 1.49. The van der Waals surface area contributed by atoms with E-state index in [-0.39, 0.29) is 17.9 Å². The lowest BCUT2D eigenvalue weighted by molar-refractivity contribution is 0.0858. The van der Waals surface area contributed by atoms with Crippen molar-refractivity contribution >= 4 is 28.2 Å². The minimum Gasteiger partial charge on any atom is -0.376 e. The lowest BCUT2D eigenvalue weighted by atomic mass is 9.95. The third-order valence-corrected chi connectivity index (χ3v) is 6.60. The first-order valence-electron chi connectivity index (χ1n) is 10.0. The average Bonchev–Trinajstić information content (AvgIpc) is 3.39. The zero-order valence-corrected chi connectivity index (χ0v) is 16.9. The van der Waals surface area contributed by atoms with Crippen LogP contribution < -0.4 is 10.6 Å². The number of nitriles is 1. The second-order valence-corrected chi connectivity index (χ2v) is 8.51. The van der Waals surface area contributed by atoms with Gasteiger partial charge in [-0.1, -0.05) is 6.07 Å². The number of benzene rings is 1. The number of thiophene rings is 1. The number of ether oxygens (including phenoxy) is 1. The summed E-state index contributed by atoms with van der Waals surface area (Å²) < 4.78 is 5.60. The number of amides is 2. The Balaban J connectivity index is 1.57. The lowest BCUT2D eigenvalue weighted by Gasteiger charge is -2.15. The Labute approximate surface area is 173 Å². The maximum absolute atomic E-state index is 13.0. The van der Waals surface area contributed by atoms with Gasteiger partial charge in [0.1, 0.15) is 5.00 Å². The molecule has 1 aromatic heterocycles. The van der Waals surface area contributed by atoms with Crippen LogP contribution in [0.2, 0.25) is 0 Å². The van der Waals surface area contributed by atoms with E-state index >= 15 is 0 Å². The van der Waals surface area contributed by atoms with E-state index in [0.29, 0.717) is 28.2 Å². The Morgan fingerprint density at radius 1 is 1.21 bits per heavy atom. The monoisotopic (exact) mass is 409 g/mol. The molecule has 1 aromatic carbocycles. The van der Waals surface area contributed by atoms with E-state index in [0.717, 1.165) is 50.7 Å². The molecule has 2 aliphatic rings. The number of nitrogens with zero attached hydrogens (tertiary/aromatic N) is 1. The first-order valence-corrected chi connectivity index (χ1v) is 10.8. The van der Waals surface area contributed by atoms with Crippen molar-refractivity contribution in [2.45, 2.75) is 44.6 Å². The van der Waals surface area contributed by atoms with Gasteiger partial charge in [0.25, 0.3) is 11.8 Å². The SMILES string of the molecule is N#Cc1cccc(C(=O)Nc2sc3c(c2C(=O)NCC2CCCO2)CCCC3)c1. The highest BCUT2D eigenvalue weighted by Gasteiger charge is 2.27. The number of carbonyl (C=O) groups excluding carboxylic acids is 2. The highest BCUT2D eigenvalue weighted by Crippen LogP contribution is 2.38. The molecular formula is C22H23N3O3S. The molecule has 0 spiro atoms. The minimum absolute atomic E-state index is 0.0696. The molecule has 1 fully saturated rings. The Bertz CT molecular complexity index is 970. The maximum atomic E-state index is 13.0. The molecule has 2 aromatic rings. The molecule has 0 radical (unpaired) electrons. The molecule has 1 aliphatic carbocycles. The maximum Gasteiger partial charge on any atom is 0.256 e. The van der Waals surface area contributed by atoms with Crippen LogP contribution in [0.4, 0.5) is 5.00 Å².